The van der Waals surface area contributed by atoms with Gasteiger partial charge in [0, 0.05) is 17.5 Å². The molecule has 216 valence electrons. The standard InChI is InChI=1S/C25H20N6O9S2/c1-39-20-11-19(21(40-2)10-18(20)29-28-15-5-3-13(12-26)4-6-15)30-31-24-23(42(36,37)38)8-14-7-22(41(33,34)35)17(27)9-16(14)25(24)32/h3-11,32H,27H2,1-2H3,(H,33,34,35)(H,36,37,38). The summed E-state index contributed by atoms with van der Waals surface area (Å²) >= 11 is 0. The lowest BCUT2D eigenvalue weighted by molar-refractivity contribution is 0.405. The fourth-order valence-electron chi connectivity index (χ4n) is 3.75. The summed E-state index contributed by atoms with van der Waals surface area (Å²) in [6.45, 7) is 0. The van der Waals surface area contributed by atoms with Crippen LogP contribution in [0.4, 0.5) is 28.4 Å². The zero-order valence-corrected chi connectivity index (χ0v) is 23.3. The number of phenolic OH excluding ortho intramolecular Hbond substituents is 1. The molecule has 42 heavy (non-hydrogen) atoms. The molecule has 0 aliphatic carbocycles. The number of methoxy groups -OCH3 is 2. The Kier molecular flexibility index (Phi) is 8.08. The van der Waals surface area contributed by atoms with Crippen molar-refractivity contribution < 1.29 is 40.5 Å². The molecule has 17 heteroatoms. The maximum atomic E-state index is 12.2. The van der Waals surface area contributed by atoms with Gasteiger partial charge in [0.1, 0.15) is 38.4 Å². The van der Waals surface area contributed by atoms with Gasteiger partial charge in [-0.05, 0) is 47.9 Å². The number of nitrogens with zero attached hydrogens (tertiary/aromatic N) is 5. The average molecular weight is 613 g/mol. The summed E-state index contributed by atoms with van der Waals surface area (Å²) < 4.78 is 77.5. The highest BCUT2D eigenvalue weighted by Crippen LogP contribution is 2.45. The van der Waals surface area contributed by atoms with E-state index in [2.05, 4.69) is 20.5 Å². The van der Waals surface area contributed by atoms with E-state index in [4.69, 9.17) is 20.5 Å². The summed E-state index contributed by atoms with van der Waals surface area (Å²) in [5.74, 6) is -0.564. The Labute approximate surface area is 238 Å². The summed E-state index contributed by atoms with van der Waals surface area (Å²) in [5.41, 5.74) is 5.67. The maximum Gasteiger partial charge on any atom is 0.296 e. The Morgan fingerprint density at radius 2 is 1.31 bits per heavy atom. The van der Waals surface area contributed by atoms with Crippen LogP contribution in [-0.4, -0.2) is 45.3 Å². The molecule has 15 nitrogen and oxygen atoms in total. The van der Waals surface area contributed by atoms with Crippen molar-refractivity contribution in [1.82, 2.24) is 0 Å². The van der Waals surface area contributed by atoms with Gasteiger partial charge in [-0.15, -0.1) is 15.3 Å². The number of fused-ring (bicyclic) bond motifs is 1. The van der Waals surface area contributed by atoms with Crippen LogP contribution in [0.25, 0.3) is 10.8 Å². The van der Waals surface area contributed by atoms with Crippen LogP contribution in [0.2, 0.25) is 0 Å². The Hall–Kier alpha value is -5.15. The quantitative estimate of drug-likeness (QED) is 0.112. The third-order valence-electron chi connectivity index (χ3n) is 5.74. The van der Waals surface area contributed by atoms with Crippen molar-refractivity contribution in [2.45, 2.75) is 9.79 Å². The van der Waals surface area contributed by atoms with Crippen LogP contribution in [0, 0.1) is 11.3 Å². The predicted molar refractivity (Wildman–Crippen MR) is 149 cm³/mol. The topological polar surface area (TPSA) is 247 Å². The lowest BCUT2D eigenvalue weighted by atomic mass is 10.1. The number of phenols is 1. The fraction of sp³-hybridized carbons (Fsp3) is 0.0800. The van der Waals surface area contributed by atoms with E-state index in [0.717, 1.165) is 18.2 Å². The van der Waals surface area contributed by atoms with Crippen LogP contribution < -0.4 is 15.2 Å². The Morgan fingerprint density at radius 3 is 1.81 bits per heavy atom. The molecule has 0 atom stereocenters. The summed E-state index contributed by atoms with van der Waals surface area (Å²) in [7, 11) is -7.18. The van der Waals surface area contributed by atoms with Crippen molar-refractivity contribution in [2.24, 2.45) is 20.5 Å². The molecule has 0 amide bonds. The number of azo groups is 2. The molecule has 0 saturated carbocycles. The van der Waals surface area contributed by atoms with Crippen molar-refractivity contribution in [1.29, 1.82) is 5.26 Å². The van der Waals surface area contributed by atoms with Crippen LogP contribution >= 0.6 is 0 Å². The van der Waals surface area contributed by atoms with E-state index in [-0.39, 0.29) is 33.6 Å². The van der Waals surface area contributed by atoms with Gasteiger partial charge in [-0.3, -0.25) is 9.11 Å². The molecule has 4 aromatic rings. The zero-order chi connectivity index (χ0) is 30.8. The number of benzene rings is 4. The number of ether oxygens (including phenoxy) is 2. The van der Waals surface area contributed by atoms with Gasteiger partial charge in [0.2, 0.25) is 0 Å². The summed E-state index contributed by atoms with van der Waals surface area (Å²) in [6.07, 6.45) is 0. The molecule has 0 spiro atoms. The highest BCUT2D eigenvalue weighted by molar-refractivity contribution is 7.86. The summed E-state index contributed by atoms with van der Waals surface area (Å²) in [4.78, 5) is -1.65. The molecular weight excluding hydrogens is 592 g/mol. The molecule has 0 heterocycles. The van der Waals surface area contributed by atoms with Crippen LogP contribution in [0.1, 0.15) is 5.56 Å². The lowest BCUT2D eigenvalue weighted by Crippen LogP contribution is -2.04. The molecule has 4 rings (SSSR count). The predicted octanol–water partition coefficient (Wildman–Crippen LogP) is 5.34. The van der Waals surface area contributed by atoms with E-state index in [0.29, 0.717) is 11.3 Å². The number of nitriles is 1. The number of aromatic hydroxyl groups is 1. The minimum absolute atomic E-state index is 0.00584. The molecule has 0 fully saturated rings. The van der Waals surface area contributed by atoms with Gasteiger partial charge in [0.15, 0.2) is 5.75 Å². The summed E-state index contributed by atoms with van der Waals surface area (Å²) in [6, 6.07) is 13.7. The number of hydrogen-bond acceptors (Lipinski definition) is 13. The van der Waals surface area contributed by atoms with Crippen molar-refractivity contribution in [2.75, 3.05) is 20.0 Å². The van der Waals surface area contributed by atoms with Gasteiger partial charge in [0.25, 0.3) is 20.2 Å². The molecule has 0 bridgehead atoms. The third kappa shape index (κ3) is 6.11. The molecular formula is C25H20N6O9S2. The van der Waals surface area contributed by atoms with Crippen LogP contribution in [-0.2, 0) is 20.2 Å². The first kappa shape index (κ1) is 29.8. The number of hydrogen-bond donors (Lipinski definition) is 4. The molecule has 0 radical (unpaired) electrons. The highest BCUT2D eigenvalue weighted by atomic mass is 32.2. The van der Waals surface area contributed by atoms with Crippen molar-refractivity contribution >= 4 is 59.4 Å². The third-order valence-corrected chi connectivity index (χ3v) is 7.52. The number of nitrogen functional groups attached to an aromatic ring is 1. The van der Waals surface area contributed by atoms with Gasteiger partial charge in [-0.2, -0.15) is 27.2 Å². The Balaban J connectivity index is 1.83. The highest BCUT2D eigenvalue weighted by Gasteiger charge is 2.25. The van der Waals surface area contributed by atoms with E-state index >= 15 is 0 Å². The largest absolute Gasteiger partial charge is 0.505 e. The van der Waals surface area contributed by atoms with Crippen LogP contribution in [0.3, 0.4) is 0 Å². The van der Waals surface area contributed by atoms with E-state index in [1.807, 2.05) is 6.07 Å². The lowest BCUT2D eigenvalue weighted by Gasteiger charge is -2.12. The van der Waals surface area contributed by atoms with Crippen LogP contribution in [0.15, 0.2) is 84.8 Å². The van der Waals surface area contributed by atoms with E-state index in [1.165, 1.54) is 26.4 Å². The van der Waals surface area contributed by atoms with Gasteiger partial charge in [0.05, 0.1) is 37.2 Å². The van der Waals surface area contributed by atoms with Crippen molar-refractivity contribution in [3.8, 4) is 23.3 Å². The van der Waals surface area contributed by atoms with Gasteiger partial charge in [-0.25, -0.2) is 0 Å². The molecule has 0 aromatic heterocycles. The summed E-state index contributed by atoms with van der Waals surface area (Å²) in [5, 5.41) is 35.5. The Bertz CT molecular complexity index is 2040. The maximum absolute atomic E-state index is 12.2. The second-order valence-electron chi connectivity index (χ2n) is 8.39. The minimum atomic E-state index is -5.04. The first-order chi connectivity index (χ1) is 19.8. The molecule has 0 saturated heterocycles. The molecule has 5 N–H and O–H groups in total. The zero-order valence-electron chi connectivity index (χ0n) is 21.6. The van der Waals surface area contributed by atoms with E-state index < -0.39 is 47.2 Å². The monoisotopic (exact) mass is 612 g/mol. The SMILES string of the molecule is COc1cc(N=Nc2c(S(=O)(=O)O)cc3cc(S(=O)(=O)O)c(N)cc3c2O)c(OC)cc1N=Nc1ccc(C#N)cc1. The van der Waals surface area contributed by atoms with Gasteiger partial charge < -0.3 is 20.3 Å². The normalized spacial score (nSPS) is 12.2. The second-order valence-corrected chi connectivity index (χ2v) is 11.2. The van der Waals surface area contributed by atoms with E-state index in [1.54, 1.807) is 24.3 Å². The fourth-order valence-corrected chi connectivity index (χ4v) is 5.04. The van der Waals surface area contributed by atoms with Crippen molar-refractivity contribution in [3.05, 3.63) is 60.2 Å². The van der Waals surface area contributed by atoms with E-state index in [9.17, 15) is 31.0 Å². The minimum Gasteiger partial charge on any atom is -0.505 e. The number of nitrogens with two attached hydrogens (primary N) is 1. The van der Waals surface area contributed by atoms with Gasteiger partial charge >= 0.3 is 0 Å². The molecule has 4 aromatic carbocycles. The van der Waals surface area contributed by atoms with Crippen LogP contribution in [0.5, 0.6) is 17.2 Å². The molecule has 0 aliphatic heterocycles. The molecule has 0 unspecified atom stereocenters. The first-order valence-electron chi connectivity index (χ1n) is 11.4. The van der Waals surface area contributed by atoms with Gasteiger partial charge in [-0.1, -0.05) is 0 Å². The van der Waals surface area contributed by atoms with Crippen molar-refractivity contribution in [3.63, 3.8) is 0 Å². The number of rotatable bonds is 8. The smallest absolute Gasteiger partial charge is 0.296 e. The first-order valence-corrected chi connectivity index (χ1v) is 14.3. The number of anilines is 1. The average Bonchev–Trinajstić information content (AvgIpc) is 2.94. The second kappa shape index (κ2) is 11.4. The Morgan fingerprint density at radius 1 is 0.786 bits per heavy atom. The molecule has 0 aliphatic rings.